The molecule has 0 spiro atoms. The molecule has 0 aliphatic carbocycles. The number of amides is 2. The lowest BCUT2D eigenvalue weighted by molar-refractivity contribution is -0.122. The summed E-state index contributed by atoms with van der Waals surface area (Å²) in [7, 11) is -1.43. The Labute approximate surface area is 170 Å². The number of carbonyl (C=O) groups is 3. The molecule has 1 unspecified atom stereocenters. The van der Waals surface area contributed by atoms with E-state index in [0.29, 0.717) is 5.56 Å². The Hall–Kier alpha value is -3.49. The van der Waals surface area contributed by atoms with E-state index in [4.69, 9.17) is 15.2 Å². The number of hydrogen-bond donors (Lipinski definition) is 5. The number of hydroxylamine groups is 1. The average Bonchev–Trinajstić information content (AvgIpc) is 3.16. The molecule has 2 heterocycles. The number of nitrogens with two attached hydrogens (primary N) is 1. The molecule has 2 amide bonds. The predicted octanol–water partition coefficient (Wildman–Crippen LogP) is -2.26. The van der Waals surface area contributed by atoms with Crippen LogP contribution in [0.3, 0.4) is 0 Å². The maximum absolute atomic E-state index is 12.3. The third-order valence-corrected chi connectivity index (χ3v) is 4.16. The molecule has 6 N–H and O–H groups in total. The van der Waals surface area contributed by atoms with E-state index in [9.17, 15) is 24.5 Å². The molecule has 1 aliphatic rings. The van der Waals surface area contributed by atoms with Crippen LogP contribution in [-0.2, 0) is 22.6 Å². The summed E-state index contributed by atoms with van der Waals surface area (Å²) in [5, 5.41) is 29.3. The molecule has 158 valence electrons. The van der Waals surface area contributed by atoms with E-state index in [-0.39, 0.29) is 43.1 Å². The number of nitrogens with one attached hydrogen (secondary N) is 2. The highest BCUT2D eigenvalue weighted by Gasteiger charge is 2.37. The first kappa shape index (κ1) is 21.2. The van der Waals surface area contributed by atoms with Gasteiger partial charge in [0, 0.05) is 6.54 Å². The van der Waals surface area contributed by atoms with E-state index in [1.54, 1.807) is 12.1 Å². The second-order valence-electron chi connectivity index (χ2n) is 6.36. The van der Waals surface area contributed by atoms with Crippen LogP contribution in [0, 0.1) is 0 Å². The van der Waals surface area contributed by atoms with Crippen molar-refractivity contribution in [3.63, 3.8) is 0 Å². The Bertz CT molecular complexity index is 952. The van der Waals surface area contributed by atoms with Crippen LogP contribution >= 0.6 is 0 Å². The molecule has 2 aromatic rings. The van der Waals surface area contributed by atoms with Crippen molar-refractivity contribution in [1.82, 2.24) is 25.8 Å². The summed E-state index contributed by atoms with van der Waals surface area (Å²) in [6, 6.07) is 4.58. The van der Waals surface area contributed by atoms with Gasteiger partial charge in [0.2, 0.25) is 5.91 Å². The Morgan fingerprint density at radius 1 is 1.40 bits per heavy atom. The number of benzene rings is 1. The minimum absolute atomic E-state index is 0.0593. The highest BCUT2D eigenvalue weighted by Crippen LogP contribution is 2.30. The van der Waals surface area contributed by atoms with Crippen molar-refractivity contribution in [2.75, 3.05) is 13.2 Å². The number of nitrogens with zero attached hydrogens (tertiary/aromatic N) is 3. The molecule has 0 fully saturated rings. The standard InChI is InChI=1S/C16H19BN6O7/c18-4-5-29-21-15(25)11-7-23(22-20-11)8-13(24)19-12-6-9-2-1-3-10(16(26)27)14(9)30-17(12)28/h1-3,7,12,28H,4-6,8,18H2,(H,19,24)(H,21,25)(H,26,27). The smallest absolute Gasteiger partial charge is 0.534 e. The minimum Gasteiger partial charge on any atom is -0.534 e. The monoisotopic (exact) mass is 418 g/mol. The van der Waals surface area contributed by atoms with Gasteiger partial charge in [0.15, 0.2) is 5.69 Å². The van der Waals surface area contributed by atoms with Crippen LogP contribution in [0.25, 0.3) is 0 Å². The zero-order valence-corrected chi connectivity index (χ0v) is 15.6. The van der Waals surface area contributed by atoms with Gasteiger partial charge < -0.3 is 25.8 Å². The first-order chi connectivity index (χ1) is 14.4. The van der Waals surface area contributed by atoms with Gasteiger partial charge in [-0.05, 0) is 18.1 Å². The van der Waals surface area contributed by atoms with Crippen molar-refractivity contribution in [2.45, 2.75) is 18.9 Å². The lowest BCUT2D eigenvalue weighted by Gasteiger charge is -2.28. The summed E-state index contributed by atoms with van der Waals surface area (Å²) in [4.78, 5) is 40.2. The summed E-state index contributed by atoms with van der Waals surface area (Å²) in [6.45, 7) is 0.0896. The number of hydrogen-bond acceptors (Lipinski definition) is 9. The highest BCUT2D eigenvalue weighted by molar-refractivity contribution is 6.47. The van der Waals surface area contributed by atoms with Gasteiger partial charge in [-0.1, -0.05) is 17.3 Å². The second kappa shape index (κ2) is 9.34. The van der Waals surface area contributed by atoms with Crippen LogP contribution in [0.15, 0.2) is 24.4 Å². The molecule has 1 aromatic carbocycles. The van der Waals surface area contributed by atoms with Gasteiger partial charge in [-0.3, -0.25) is 14.4 Å². The first-order valence-corrected chi connectivity index (χ1v) is 8.90. The molecule has 1 aromatic heterocycles. The molecule has 1 aliphatic heterocycles. The fraction of sp³-hybridized carbons (Fsp3) is 0.312. The third kappa shape index (κ3) is 4.92. The number of rotatable bonds is 8. The quantitative estimate of drug-likeness (QED) is 0.178. The number of fused-ring (bicyclic) bond motifs is 1. The van der Waals surface area contributed by atoms with E-state index in [1.165, 1.54) is 12.3 Å². The summed E-state index contributed by atoms with van der Waals surface area (Å²) in [5.41, 5.74) is 7.79. The van der Waals surface area contributed by atoms with Gasteiger partial charge in [0.1, 0.15) is 12.3 Å². The van der Waals surface area contributed by atoms with E-state index in [1.807, 2.05) is 0 Å². The topological polar surface area (TPSA) is 191 Å². The number of carbonyl (C=O) groups excluding carboxylic acids is 2. The zero-order chi connectivity index (χ0) is 21.7. The molecule has 0 saturated carbocycles. The maximum atomic E-state index is 12.3. The Kier molecular flexibility index (Phi) is 6.61. The fourth-order valence-electron chi connectivity index (χ4n) is 2.82. The molecule has 30 heavy (non-hydrogen) atoms. The highest BCUT2D eigenvalue weighted by atomic mass is 16.6. The van der Waals surface area contributed by atoms with Gasteiger partial charge in [0.25, 0.3) is 5.91 Å². The van der Waals surface area contributed by atoms with E-state index < -0.39 is 30.8 Å². The molecular weight excluding hydrogens is 399 g/mol. The van der Waals surface area contributed by atoms with Gasteiger partial charge in [-0.15, -0.1) is 5.10 Å². The van der Waals surface area contributed by atoms with Crippen molar-refractivity contribution in [2.24, 2.45) is 5.73 Å². The molecule has 0 bridgehead atoms. The Morgan fingerprint density at radius 3 is 2.93 bits per heavy atom. The van der Waals surface area contributed by atoms with Crippen molar-refractivity contribution in [3.8, 4) is 5.75 Å². The Morgan fingerprint density at radius 2 is 2.20 bits per heavy atom. The Balaban J connectivity index is 1.59. The van der Waals surface area contributed by atoms with Crippen molar-refractivity contribution in [1.29, 1.82) is 0 Å². The van der Waals surface area contributed by atoms with E-state index in [2.05, 4.69) is 21.1 Å². The molecule has 0 saturated heterocycles. The van der Waals surface area contributed by atoms with Gasteiger partial charge >= 0.3 is 13.1 Å². The molecule has 1 atom stereocenters. The summed E-state index contributed by atoms with van der Waals surface area (Å²) < 4.78 is 6.46. The van der Waals surface area contributed by atoms with E-state index in [0.717, 1.165) is 4.68 Å². The number of carboxylic acids is 1. The van der Waals surface area contributed by atoms with Crippen molar-refractivity contribution in [3.05, 3.63) is 41.2 Å². The minimum atomic E-state index is -1.43. The van der Waals surface area contributed by atoms with E-state index >= 15 is 0 Å². The summed E-state index contributed by atoms with van der Waals surface area (Å²) >= 11 is 0. The first-order valence-electron chi connectivity index (χ1n) is 8.90. The predicted molar refractivity (Wildman–Crippen MR) is 100 cm³/mol. The molecular formula is C16H19BN6O7. The molecule has 3 rings (SSSR count). The van der Waals surface area contributed by atoms with Crippen LogP contribution in [-0.4, -0.2) is 69.1 Å². The summed E-state index contributed by atoms with van der Waals surface area (Å²) in [5.74, 6) is -3.06. The van der Waals surface area contributed by atoms with Crippen molar-refractivity contribution < 1.29 is 34.0 Å². The lowest BCUT2D eigenvalue weighted by atomic mass is 9.72. The number of para-hydroxylation sites is 1. The molecule has 13 nitrogen and oxygen atoms in total. The normalized spacial score (nSPS) is 15.1. The maximum Gasteiger partial charge on any atom is 0.547 e. The second-order valence-corrected chi connectivity index (χ2v) is 6.36. The average molecular weight is 418 g/mol. The van der Waals surface area contributed by atoms with Crippen LogP contribution in [0.2, 0.25) is 0 Å². The largest absolute Gasteiger partial charge is 0.547 e. The van der Waals surface area contributed by atoms with Crippen molar-refractivity contribution >= 4 is 24.9 Å². The number of carboxylic acid groups (broad SMARTS) is 1. The fourth-order valence-corrected chi connectivity index (χ4v) is 2.82. The van der Waals surface area contributed by atoms with Gasteiger partial charge in [0.05, 0.1) is 24.3 Å². The number of aromatic nitrogens is 3. The van der Waals surface area contributed by atoms with Crippen LogP contribution in [0.5, 0.6) is 5.75 Å². The van der Waals surface area contributed by atoms with Gasteiger partial charge in [-0.2, -0.15) is 0 Å². The molecule has 14 heteroatoms. The molecule has 0 radical (unpaired) electrons. The van der Waals surface area contributed by atoms with Crippen LogP contribution in [0.1, 0.15) is 26.4 Å². The van der Waals surface area contributed by atoms with Crippen LogP contribution in [0.4, 0.5) is 0 Å². The lowest BCUT2D eigenvalue weighted by Crippen LogP contribution is -2.53. The van der Waals surface area contributed by atoms with Gasteiger partial charge in [-0.25, -0.2) is 15.0 Å². The zero-order valence-electron chi connectivity index (χ0n) is 15.6. The third-order valence-electron chi connectivity index (χ3n) is 4.16. The summed E-state index contributed by atoms with van der Waals surface area (Å²) in [6.07, 6.45) is 1.43. The SMILES string of the molecule is NCCONC(=O)c1cn(CC(=O)NC2Cc3cccc(C(=O)O)c3OB2O)nn1. The van der Waals surface area contributed by atoms with Crippen LogP contribution < -0.4 is 21.2 Å². The number of aromatic carboxylic acids is 1.